The first kappa shape index (κ1) is 17.7. The number of amides is 1. The standard InChI is InChI=1S/C16H27N3OS/c1-6-16(7-2,21-5)11-18-14-10-12(8-9-13(14)17)15(20)19(3)4/h8-10,18H,6-7,11,17H2,1-5H3. The van der Waals surface area contributed by atoms with Crippen molar-refractivity contribution in [2.45, 2.75) is 31.4 Å². The molecule has 0 aromatic heterocycles. The van der Waals surface area contributed by atoms with Crippen molar-refractivity contribution in [2.24, 2.45) is 0 Å². The Labute approximate surface area is 132 Å². The molecule has 0 atom stereocenters. The van der Waals surface area contributed by atoms with E-state index in [1.807, 2.05) is 17.8 Å². The van der Waals surface area contributed by atoms with E-state index in [4.69, 9.17) is 5.73 Å². The molecule has 1 amide bonds. The molecule has 1 aromatic carbocycles. The summed E-state index contributed by atoms with van der Waals surface area (Å²) in [6, 6.07) is 5.40. The van der Waals surface area contributed by atoms with Gasteiger partial charge in [0.2, 0.25) is 0 Å². The molecule has 0 saturated heterocycles. The zero-order valence-electron chi connectivity index (χ0n) is 13.7. The lowest BCUT2D eigenvalue weighted by molar-refractivity contribution is 0.0827. The average molecular weight is 309 g/mol. The molecule has 21 heavy (non-hydrogen) atoms. The smallest absolute Gasteiger partial charge is 0.253 e. The molecule has 0 unspecified atom stereocenters. The van der Waals surface area contributed by atoms with Gasteiger partial charge in [0.15, 0.2) is 0 Å². The fraction of sp³-hybridized carbons (Fsp3) is 0.562. The van der Waals surface area contributed by atoms with Gasteiger partial charge in [0.25, 0.3) is 5.91 Å². The van der Waals surface area contributed by atoms with Crippen molar-refractivity contribution in [3.8, 4) is 0 Å². The molecule has 1 rings (SSSR count). The average Bonchev–Trinajstić information content (AvgIpc) is 2.50. The second-order valence-electron chi connectivity index (χ2n) is 5.45. The molecule has 0 aliphatic carbocycles. The summed E-state index contributed by atoms with van der Waals surface area (Å²) in [7, 11) is 3.50. The molecule has 1 aromatic rings. The molecule has 0 saturated carbocycles. The molecule has 3 N–H and O–H groups in total. The van der Waals surface area contributed by atoms with Gasteiger partial charge < -0.3 is 16.0 Å². The van der Waals surface area contributed by atoms with Crippen molar-refractivity contribution in [3.63, 3.8) is 0 Å². The summed E-state index contributed by atoms with van der Waals surface area (Å²) in [5, 5.41) is 3.42. The fourth-order valence-corrected chi connectivity index (χ4v) is 3.01. The Morgan fingerprint density at radius 1 is 1.33 bits per heavy atom. The van der Waals surface area contributed by atoms with Gasteiger partial charge in [-0.2, -0.15) is 11.8 Å². The minimum Gasteiger partial charge on any atom is -0.397 e. The van der Waals surface area contributed by atoms with Crippen LogP contribution in [0.25, 0.3) is 0 Å². The van der Waals surface area contributed by atoms with Gasteiger partial charge in [-0.3, -0.25) is 4.79 Å². The molecule has 118 valence electrons. The highest BCUT2D eigenvalue weighted by Gasteiger charge is 2.24. The minimum absolute atomic E-state index is 0.0137. The molecule has 0 aliphatic heterocycles. The SMILES string of the molecule is CCC(CC)(CNc1cc(C(=O)N(C)C)ccc1N)SC. The maximum atomic E-state index is 12.0. The topological polar surface area (TPSA) is 58.4 Å². The summed E-state index contributed by atoms with van der Waals surface area (Å²) < 4.78 is 0.202. The zero-order valence-corrected chi connectivity index (χ0v) is 14.5. The second-order valence-corrected chi connectivity index (χ2v) is 6.72. The number of nitrogen functional groups attached to an aromatic ring is 1. The first-order valence-electron chi connectivity index (χ1n) is 7.29. The van der Waals surface area contributed by atoms with Crippen LogP contribution in [-0.2, 0) is 0 Å². The molecule has 0 radical (unpaired) electrons. The van der Waals surface area contributed by atoms with Crippen molar-refractivity contribution in [3.05, 3.63) is 23.8 Å². The summed E-state index contributed by atoms with van der Waals surface area (Å²) in [6.45, 7) is 5.25. The van der Waals surface area contributed by atoms with Gasteiger partial charge in [0.1, 0.15) is 0 Å². The van der Waals surface area contributed by atoms with Gasteiger partial charge in [0, 0.05) is 31.0 Å². The van der Waals surface area contributed by atoms with Crippen LogP contribution in [0.15, 0.2) is 18.2 Å². The van der Waals surface area contributed by atoms with E-state index in [0.717, 1.165) is 25.1 Å². The van der Waals surface area contributed by atoms with E-state index in [2.05, 4.69) is 25.4 Å². The van der Waals surface area contributed by atoms with Crippen LogP contribution in [0, 0.1) is 0 Å². The van der Waals surface area contributed by atoms with Gasteiger partial charge >= 0.3 is 0 Å². The zero-order chi connectivity index (χ0) is 16.0. The van der Waals surface area contributed by atoms with Gasteiger partial charge in [-0.05, 0) is 37.3 Å². The lowest BCUT2D eigenvalue weighted by atomic mass is 10.0. The van der Waals surface area contributed by atoms with Crippen molar-refractivity contribution < 1.29 is 4.79 Å². The van der Waals surface area contributed by atoms with Gasteiger partial charge in [0.05, 0.1) is 11.4 Å². The lowest BCUT2D eigenvalue weighted by Gasteiger charge is -2.30. The van der Waals surface area contributed by atoms with E-state index in [1.165, 1.54) is 0 Å². The largest absolute Gasteiger partial charge is 0.397 e. The molecule has 4 nitrogen and oxygen atoms in total. The van der Waals surface area contributed by atoms with E-state index in [9.17, 15) is 4.79 Å². The molecule has 0 bridgehead atoms. The number of carbonyl (C=O) groups excluding carboxylic acids is 1. The van der Waals surface area contributed by atoms with Crippen LogP contribution in [0.2, 0.25) is 0 Å². The van der Waals surface area contributed by atoms with E-state index in [-0.39, 0.29) is 10.7 Å². The van der Waals surface area contributed by atoms with Crippen molar-refractivity contribution in [1.29, 1.82) is 0 Å². The van der Waals surface area contributed by atoms with Crippen molar-refractivity contribution >= 4 is 29.0 Å². The number of hydrogen-bond donors (Lipinski definition) is 2. The number of carbonyl (C=O) groups is 1. The summed E-state index contributed by atoms with van der Waals surface area (Å²) in [6.07, 6.45) is 4.33. The highest BCUT2D eigenvalue weighted by Crippen LogP contribution is 2.31. The highest BCUT2D eigenvalue weighted by molar-refractivity contribution is 8.00. The van der Waals surface area contributed by atoms with Crippen LogP contribution < -0.4 is 11.1 Å². The Morgan fingerprint density at radius 2 is 1.95 bits per heavy atom. The minimum atomic E-state index is -0.0137. The molecular weight excluding hydrogens is 282 g/mol. The fourth-order valence-electron chi connectivity index (χ4n) is 2.22. The first-order valence-corrected chi connectivity index (χ1v) is 8.51. The number of benzene rings is 1. The second kappa shape index (κ2) is 7.59. The number of nitrogens with two attached hydrogens (primary N) is 1. The molecule has 0 aliphatic rings. The Balaban J connectivity index is 2.93. The Kier molecular flexibility index (Phi) is 6.40. The number of rotatable bonds is 7. The van der Waals surface area contributed by atoms with E-state index in [0.29, 0.717) is 11.3 Å². The Hall–Kier alpha value is -1.36. The molecular formula is C16H27N3OS. The van der Waals surface area contributed by atoms with E-state index >= 15 is 0 Å². The molecule has 5 heteroatoms. The molecule has 0 heterocycles. The van der Waals surface area contributed by atoms with Crippen molar-refractivity contribution in [2.75, 3.05) is 37.9 Å². The third kappa shape index (κ3) is 4.30. The van der Waals surface area contributed by atoms with E-state index < -0.39 is 0 Å². The number of anilines is 2. The third-order valence-corrected chi connectivity index (χ3v) is 5.62. The Bertz CT molecular complexity index is 476. The number of hydrogen-bond acceptors (Lipinski definition) is 4. The van der Waals surface area contributed by atoms with Crippen LogP contribution in [0.5, 0.6) is 0 Å². The van der Waals surface area contributed by atoms with Gasteiger partial charge in [-0.25, -0.2) is 0 Å². The molecule has 0 spiro atoms. The van der Waals surface area contributed by atoms with Gasteiger partial charge in [-0.1, -0.05) is 13.8 Å². The highest BCUT2D eigenvalue weighted by atomic mass is 32.2. The maximum absolute atomic E-state index is 12.0. The summed E-state index contributed by atoms with van der Waals surface area (Å²) in [5.41, 5.74) is 8.19. The monoisotopic (exact) mass is 309 g/mol. The summed E-state index contributed by atoms with van der Waals surface area (Å²) in [5.74, 6) is -0.0137. The van der Waals surface area contributed by atoms with Crippen LogP contribution in [0.4, 0.5) is 11.4 Å². The number of thioether (sulfide) groups is 1. The van der Waals surface area contributed by atoms with Crippen LogP contribution in [-0.4, -0.2) is 42.4 Å². The van der Waals surface area contributed by atoms with Crippen LogP contribution in [0.1, 0.15) is 37.0 Å². The van der Waals surface area contributed by atoms with Crippen molar-refractivity contribution in [1.82, 2.24) is 4.90 Å². The summed E-state index contributed by atoms with van der Waals surface area (Å²) in [4.78, 5) is 13.6. The predicted octanol–water partition coefficient (Wildman–Crippen LogP) is 3.30. The van der Waals surface area contributed by atoms with E-state index in [1.54, 1.807) is 31.1 Å². The predicted molar refractivity (Wildman–Crippen MR) is 94.2 cm³/mol. The lowest BCUT2D eigenvalue weighted by Crippen LogP contribution is -2.32. The van der Waals surface area contributed by atoms with Crippen LogP contribution >= 0.6 is 11.8 Å². The van der Waals surface area contributed by atoms with Crippen LogP contribution in [0.3, 0.4) is 0 Å². The number of nitrogens with zero attached hydrogens (tertiary/aromatic N) is 1. The normalized spacial score (nSPS) is 11.3. The number of nitrogens with one attached hydrogen (secondary N) is 1. The Morgan fingerprint density at radius 3 is 2.43 bits per heavy atom. The quantitative estimate of drug-likeness (QED) is 0.759. The summed E-state index contributed by atoms with van der Waals surface area (Å²) >= 11 is 1.88. The third-order valence-electron chi connectivity index (χ3n) is 4.03. The first-order chi connectivity index (χ1) is 9.89. The maximum Gasteiger partial charge on any atom is 0.253 e. The van der Waals surface area contributed by atoms with Gasteiger partial charge in [-0.15, -0.1) is 0 Å². The molecule has 0 fully saturated rings.